The minimum absolute atomic E-state index is 0.192. The van der Waals surface area contributed by atoms with Gasteiger partial charge in [0.15, 0.2) is 15.6 Å². The zero-order valence-corrected chi connectivity index (χ0v) is 22.5. The first kappa shape index (κ1) is 26.1. The van der Waals surface area contributed by atoms with Crippen molar-refractivity contribution in [3.8, 4) is 5.75 Å². The van der Waals surface area contributed by atoms with Gasteiger partial charge in [-0.25, -0.2) is 18.4 Å². The molecule has 38 heavy (non-hydrogen) atoms. The first-order valence-electron chi connectivity index (χ1n) is 12.6. The zero-order chi connectivity index (χ0) is 26.8. The van der Waals surface area contributed by atoms with Crippen LogP contribution in [0.1, 0.15) is 26.7 Å². The molecule has 1 aromatic heterocycles. The van der Waals surface area contributed by atoms with Gasteiger partial charge in [-0.05, 0) is 38.1 Å². The van der Waals surface area contributed by atoms with Gasteiger partial charge in [0.1, 0.15) is 12.1 Å². The third-order valence-electron chi connectivity index (χ3n) is 6.77. The number of para-hydroxylation sites is 1. The predicted octanol–water partition coefficient (Wildman–Crippen LogP) is 3.89. The number of sulfone groups is 1. The van der Waals surface area contributed by atoms with E-state index in [1.54, 1.807) is 45.2 Å². The number of ether oxygens (including phenoxy) is 3. The summed E-state index contributed by atoms with van der Waals surface area (Å²) in [5.41, 5.74) is 2.13. The Bertz CT molecular complexity index is 1380. The van der Waals surface area contributed by atoms with Gasteiger partial charge in [0.05, 0.1) is 41.8 Å². The van der Waals surface area contributed by atoms with Crippen molar-refractivity contribution in [1.82, 2.24) is 15.0 Å². The molecule has 5 rings (SSSR count). The fraction of sp³-hybridized carbons (Fsp3) is 0.423. The third-order valence-corrected chi connectivity index (χ3v) is 8.98. The molecule has 2 aliphatic rings. The summed E-state index contributed by atoms with van der Waals surface area (Å²) >= 11 is 0. The number of hydrogen-bond acceptors (Lipinski definition) is 11. The first-order chi connectivity index (χ1) is 18.3. The van der Waals surface area contributed by atoms with Crippen molar-refractivity contribution in [3.63, 3.8) is 0 Å². The summed E-state index contributed by atoms with van der Waals surface area (Å²) in [7, 11) is -1.89. The molecule has 0 radical (unpaired) electrons. The highest BCUT2D eigenvalue weighted by atomic mass is 32.2. The van der Waals surface area contributed by atoms with E-state index in [-0.39, 0.29) is 16.8 Å². The van der Waals surface area contributed by atoms with Crippen molar-refractivity contribution < 1.29 is 22.6 Å². The molecule has 0 saturated carbocycles. The molecule has 0 bridgehead atoms. The lowest BCUT2D eigenvalue weighted by Crippen LogP contribution is -2.45. The zero-order valence-electron chi connectivity index (χ0n) is 21.7. The quantitative estimate of drug-likeness (QED) is 0.432. The Labute approximate surface area is 222 Å². The normalized spacial score (nSPS) is 17.1. The highest BCUT2D eigenvalue weighted by Crippen LogP contribution is 2.36. The second-order valence-electron chi connectivity index (χ2n) is 9.45. The van der Waals surface area contributed by atoms with Crippen LogP contribution in [-0.2, 0) is 19.3 Å². The Morgan fingerprint density at radius 3 is 2.29 bits per heavy atom. The average molecular weight is 541 g/mol. The smallest absolute Gasteiger partial charge is 0.232 e. The number of nitrogens with zero attached hydrogens (tertiary/aromatic N) is 4. The summed E-state index contributed by atoms with van der Waals surface area (Å²) < 4.78 is 42.9. The molecule has 202 valence electrons. The molecule has 12 heteroatoms. The van der Waals surface area contributed by atoms with E-state index in [4.69, 9.17) is 14.2 Å². The van der Waals surface area contributed by atoms with Crippen LogP contribution < -0.4 is 20.3 Å². The number of nitrogens with one attached hydrogen (secondary N) is 2. The first-order valence-corrected chi connectivity index (χ1v) is 14.1. The topological polar surface area (TPSA) is 128 Å². The molecule has 1 spiro atoms. The number of methoxy groups -OCH3 is 1. The Morgan fingerprint density at radius 2 is 1.63 bits per heavy atom. The fourth-order valence-corrected chi connectivity index (χ4v) is 5.80. The predicted molar refractivity (Wildman–Crippen MR) is 144 cm³/mol. The summed E-state index contributed by atoms with van der Waals surface area (Å²) in [4.78, 5) is 15.3. The molecule has 2 aliphatic heterocycles. The highest BCUT2D eigenvalue weighted by molar-refractivity contribution is 7.92. The maximum absolute atomic E-state index is 12.8. The van der Waals surface area contributed by atoms with Gasteiger partial charge in [0.25, 0.3) is 0 Å². The van der Waals surface area contributed by atoms with E-state index in [0.29, 0.717) is 30.3 Å². The number of anilines is 5. The van der Waals surface area contributed by atoms with Gasteiger partial charge in [-0.15, -0.1) is 0 Å². The van der Waals surface area contributed by atoms with E-state index in [1.165, 1.54) is 6.33 Å². The number of hydrogen-bond donors (Lipinski definition) is 2. The number of rotatable bonds is 8. The van der Waals surface area contributed by atoms with E-state index in [1.807, 2.05) is 18.2 Å². The lowest BCUT2D eigenvalue weighted by Gasteiger charge is -2.38. The number of benzene rings is 2. The second kappa shape index (κ2) is 10.7. The van der Waals surface area contributed by atoms with Crippen LogP contribution in [0.3, 0.4) is 0 Å². The van der Waals surface area contributed by atoms with Crippen LogP contribution in [-0.4, -0.2) is 67.8 Å². The van der Waals surface area contributed by atoms with Crippen LogP contribution in [0.25, 0.3) is 0 Å². The van der Waals surface area contributed by atoms with Crippen molar-refractivity contribution in [2.75, 3.05) is 48.9 Å². The molecule has 3 heterocycles. The minimum Gasteiger partial charge on any atom is -0.494 e. The van der Waals surface area contributed by atoms with E-state index in [2.05, 4.69) is 30.5 Å². The van der Waals surface area contributed by atoms with Gasteiger partial charge in [0.2, 0.25) is 11.9 Å². The monoisotopic (exact) mass is 540 g/mol. The summed E-state index contributed by atoms with van der Waals surface area (Å²) in [5, 5.41) is 5.64. The molecule has 3 aromatic rings. The van der Waals surface area contributed by atoms with Gasteiger partial charge in [-0.3, -0.25) is 0 Å². The van der Waals surface area contributed by atoms with Crippen LogP contribution >= 0.6 is 0 Å². The van der Waals surface area contributed by atoms with Crippen LogP contribution in [0.2, 0.25) is 0 Å². The van der Waals surface area contributed by atoms with Crippen molar-refractivity contribution >= 4 is 38.8 Å². The van der Waals surface area contributed by atoms with Crippen LogP contribution in [0.15, 0.2) is 53.7 Å². The van der Waals surface area contributed by atoms with E-state index in [0.717, 1.165) is 31.6 Å². The van der Waals surface area contributed by atoms with Gasteiger partial charge in [-0.1, -0.05) is 12.1 Å². The van der Waals surface area contributed by atoms with E-state index in [9.17, 15) is 8.42 Å². The Kier molecular flexibility index (Phi) is 7.37. The van der Waals surface area contributed by atoms with E-state index >= 15 is 0 Å². The van der Waals surface area contributed by atoms with Crippen molar-refractivity contribution in [1.29, 1.82) is 0 Å². The molecule has 0 unspecified atom stereocenters. The number of piperidine rings is 1. The lowest BCUT2D eigenvalue weighted by atomic mass is 10.0. The SMILES string of the molecule is COc1cc(N2CCC3(CC2)OCCO3)ccc1Nc1ncnc(Nc2ccccc2S(=O)(=O)C(C)C)n1. The molecule has 0 atom stereocenters. The molecule has 0 aliphatic carbocycles. The molecule has 2 saturated heterocycles. The Balaban J connectivity index is 1.31. The van der Waals surface area contributed by atoms with Crippen LogP contribution in [0.4, 0.5) is 29.0 Å². The molecule has 2 N–H and O–H groups in total. The molecular weight excluding hydrogens is 508 g/mol. The van der Waals surface area contributed by atoms with Gasteiger partial charge in [-0.2, -0.15) is 4.98 Å². The summed E-state index contributed by atoms with van der Waals surface area (Å²) in [6, 6.07) is 12.6. The molecule has 11 nitrogen and oxygen atoms in total. The minimum atomic E-state index is -3.50. The molecule has 0 amide bonds. The molecular formula is C26H32N6O5S. The van der Waals surface area contributed by atoms with Crippen LogP contribution in [0.5, 0.6) is 5.75 Å². The maximum atomic E-state index is 12.8. The Morgan fingerprint density at radius 1 is 0.974 bits per heavy atom. The van der Waals surface area contributed by atoms with Crippen molar-refractivity contribution in [2.24, 2.45) is 0 Å². The summed E-state index contributed by atoms with van der Waals surface area (Å²) in [6.45, 7) is 6.27. The highest BCUT2D eigenvalue weighted by Gasteiger charge is 2.39. The second-order valence-corrected chi connectivity index (χ2v) is 11.9. The molecule has 2 fully saturated rings. The van der Waals surface area contributed by atoms with Gasteiger partial charge >= 0.3 is 0 Å². The average Bonchev–Trinajstić information content (AvgIpc) is 3.37. The maximum Gasteiger partial charge on any atom is 0.232 e. The largest absolute Gasteiger partial charge is 0.494 e. The Hall–Kier alpha value is -3.48. The summed E-state index contributed by atoms with van der Waals surface area (Å²) in [6.07, 6.45) is 2.99. The van der Waals surface area contributed by atoms with Crippen LogP contribution in [0, 0.1) is 0 Å². The molecule has 2 aromatic carbocycles. The van der Waals surface area contributed by atoms with Gasteiger partial charge in [0, 0.05) is 37.7 Å². The third kappa shape index (κ3) is 5.38. The number of aromatic nitrogens is 3. The fourth-order valence-electron chi connectivity index (χ4n) is 4.60. The van der Waals surface area contributed by atoms with Crippen molar-refractivity contribution in [3.05, 3.63) is 48.8 Å². The van der Waals surface area contributed by atoms with Crippen molar-refractivity contribution in [2.45, 2.75) is 42.6 Å². The lowest BCUT2D eigenvalue weighted by molar-refractivity contribution is -0.169. The van der Waals surface area contributed by atoms with Gasteiger partial charge < -0.3 is 29.7 Å². The standard InChI is InChI=1S/C26H32N6O5S/c1-18(2)38(33,34)23-7-5-4-6-21(23)30-25-28-17-27-24(31-25)29-20-9-8-19(16-22(20)35-3)32-12-10-26(11-13-32)36-14-15-37-26/h4-9,16-18H,10-15H2,1-3H3,(H2,27,28,29,30,31). The van der Waals surface area contributed by atoms with E-state index < -0.39 is 20.9 Å². The summed E-state index contributed by atoms with van der Waals surface area (Å²) in [5.74, 6) is 0.710.